The highest BCUT2D eigenvalue weighted by Crippen LogP contribution is 2.34. The van der Waals surface area contributed by atoms with Crippen molar-refractivity contribution in [3.05, 3.63) is 42.2 Å². The molecule has 0 spiro atoms. The van der Waals surface area contributed by atoms with Gasteiger partial charge in [0.1, 0.15) is 6.04 Å². The second-order valence-corrected chi connectivity index (χ2v) is 7.59. The standard InChI is InChI=1S/C21H28N4O2/c1-14(2)19(23-15(3)26)21(27)25-11-9-17(10-12-25)20-18(13-22-24-20)16-7-5-4-6-8-16/h4-8,13-14,17,19H,9-12H2,1-3H3,(H,22,24)(H,23,26). The highest BCUT2D eigenvalue weighted by molar-refractivity contribution is 5.87. The van der Waals surface area contributed by atoms with E-state index in [1.807, 2.05) is 43.1 Å². The van der Waals surface area contributed by atoms with Gasteiger partial charge in [-0.3, -0.25) is 14.7 Å². The molecule has 1 atom stereocenters. The molecule has 0 radical (unpaired) electrons. The minimum absolute atomic E-state index is 0.0199. The first-order valence-electron chi connectivity index (χ1n) is 9.62. The van der Waals surface area contributed by atoms with Crippen molar-refractivity contribution in [2.45, 2.75) is 45.6 Å². The van der Waals surface area contributed by atoms with E-state index in [1.54, 1.807) is 0 Å². The number of likely N-dealkylation sites (tertiary alicyclic amines) is 1. The number of rotatable bonds is 5. The van der Waals surface area contributed by atoms with Crippen LogP contribution in [0.4, 0.5) is 0 Å². The lowest BCUT2D eigenvalue weighted by molar-refractivity contribution is -0.138. The summed E-state index contributed by atoms with van der Waals surface area (Å²) in [6, 6.07) is 9.80. The van der Waals surface area contributed by atoms with Crippen molar-refractivity contribution in [3.8, 4) is 11.1 Å². The Morgan fingerprint density at radius 1 is 1.19 bits per heavy atom. The van der Waals surface area contributed by atoms with E-state index in [2.05, 4.69) is 27.6 Å². The second kappa shape index (κ2) is 8.37. The predicted molar refractivity (Wildman–Crippen MR) is 105 cm³/mol. The van der Waals surface area contributed by atoms with E-state index >= 15 is 0 Å². The molecule has 6 heteroatoms. The molecule has 2 heterocycles. The molecule has 0 bridgehead atoms. The molecular weight excluding hydrogens is 340 g/mol. The van der Waals surface area contributed by atoms with E-state index in [4.69, 9.17) is 0 Å². The summed E-state index contributed by atoms with van der Waals surface area (Å²) in [4.78, 5) is 26.2. The number of hydrogen-bond donors (Lipinski definition) is 2. The summed E-state index contributed by atoms with van der Waals surface area (Å²) < 4.78 is 0. The fourth-order valence-corrected chi connectivity index (χ4v) is 3.77. The van der Waals surface area contributed by atoms with Crippen LogP contribution in [0.15, 0.2) is 36.5 Å². The summed E-state index contributed by atoms with van der Waals surface area (Å²) >= 11 is 0. The van der Waals surface area contributed by atoms with Crippen LogP contribution in [0.2, 0.25) is 0 Å². The van der Waals surface area contributed by atoms with Crippen LogP contribution < -0.4 is 5.32 Å². The van der Waals surface area contributed by atoms with Gasteiger partial charge in [0, 0.05) is 37.2 Å². The quantitative estimate of drug-likeness (QED) is 0.852. The summed E-state index contributed by atoms with van der Waals surface area (Å²) in [5.74, 6) is 0.273. The van der Waals surface area contributed by atoms with Gasteiger partial charge < -0.3 is 10.2 Å². The minimum Gasteiger partial charge on any atom is -0.344 e. The molecule has 2 amide bonds. The lowest BCUT2D eigenvalue weighted by atomic mass is 9.89. The number of nitrogens with zero attached hydrogens (tertiary/aromatic N) is 2. The van der Waals surface area contributed by atoms with Gasteiger partial charge in [-0.05, 0) is 24.3 Å². The van der Waals surface area contributed by atoms with Crippen LogP contribution in [0, 0.1) is 5.92 Å². The molecule has 1 aromatic heterocycles. The monoisotopic (exact) mass is 368 g/mol. The van der Waals surface area contributed by atoms with Crippen molar-refractivity contribution in [3.63, 3.8) is 0 Å². The van der Waals surface area contributed by atoms with E-state index in [-0.39, 0.29) is 17.7 Å². The first-order valence-corrected chi connectivity index (χ1v) is 9.62. The normalized spacial score (nSPS) is 16.4. The van der Waals surface area contributed by atoms with E-state index < -0.39 is 6.04 Å². The molecule has 2 N–H and O–H groups in total. The lowest BCUT2D eigenvalue weighted by Crippen LogP contribution is -2.52. The molecule has 0 saturated carbocycles. The zero-order valence-electron chi connectivity index (χ0n) is 16.2. The lowest BCUT2D eigenvalue weighted by Gasteiger charge is -2.35. The van der Waals surface area contributed by atoms with Crippen molar-refractivity contribution in [1.82, 2.24) is 20.4 Å². The summed E-state index contributed by atoms with van der Waals surface area (Å²) in [6.07, 6.45) is 3.66. The third-order valence-electron chi connectivity index (χ3n) is 5.26. The Bertz CT molecular complexity index is 776. The zero-order chi connectivity index (χ0) is 19.4. The molecule has 2 aromatic rings. The van der Waals surface area contributed by atoms with Crippen molar-refractivity contribution < 1.29 is 9.59 Å². The van der Waals surface area contributed by atoms with Gasteiger partial charge >= 0.3 is 0 Å². The van der Waals surface area contributed by atoms with Crippen LogP contribution in [0.5, 0.6) is 0 Å². The molecule has 1 aliphatic heterocycles. The topological polar surface area (TPSA) is 78.1 Å². The average molecular weight is 368 g/mol. The van der Waals surface area contributed by atoms with Crippen molar-refractivity contribution in [2.24, 2.45) is 5.92 Å². The largest absolute Gasteiger partial charge is 0.344 e. The number of piperidine rings is 1. The summed E-state index contributed by atoms with van der Waals surface area (Å²) in [7, 11) is 0. The number of benzene rings is 1. The van der Waals surface area contributed by atoms with Crippen molar-refractivity contribution in [1.29, 1.82) is 0 Å². The molecule has 144 valence electrons. The van der Waals surface area contributed by atoms with Gasteiger partial charge in [-0.25, -0.2) is 0 Å². The highest BCUT2D eigenvalue weighted by atomic mass is 16.2. The van der Waals surface area contributed by atoms with E-state index in [0.29, 0.717) is 19.0 Å². The van der Waals surface area contributed by atoms with Crippen LogP contribution >= 0.6 is 0 Å². The number of carbonyl (C=O) groups is 2. The molecule has 3 rings (SSSR count). The Kier molecular flexibility index (Phi) is 5.94. The molecule has 6 nitrogen and oxygen atoms in total. The number of hydrogen-bond acceptors (Lipinski definition) is 3. The maximum absolute atomic E-state index is 12.8. The minimum atomic E-state index is -0.453. The maximum Gasteiger partial charge on any atom is 0.245 e. The van der Waals surface area contributed by atoms with Gasteiger partial charge in [0.2, 0.25) is 11.8 Å². The first-order chi connectivity index (χ1) is 13.0. The highest BCUT2D eigenvalue weighted by Gasteiger charge is 2.32. The molecule has 1 unspecified atom stereocenters. The van der Waals surface area contributed by atoms with E-state index in [0.717, 1.165) is 29.7 Å². The number of H-pyrrole nitrogens is 1. The van der Waals surface area contributed by atoms with Crippen LogP contribution in [0.3, 0.4) is 0 Å². The third kappa shape index (κ3) is 4.38. The van der Waals surface area contributed by atoms with Crippen LogP contribution in [0.25, 0.3) is 11.1 Å². The number of aromatic nitrogens is 2. The maximum atomic E-state index is 12.8. The molecule has 27 heavy (non-hydrogen) atoms. The molecule has 1 fully saturated rings. The fourth-order valence-electron chi connectivity index (χ4n) is 3.77. The zero-order valence-corrected chi connectivity index (χ0v) is 16.2. The van der Waals surface area contributed by atoms with Gasteiger partial charge in [-0.2, -0.15) is 5.10 Å². The molecule has 1 aliphatic rings. The second-order valence-electron chi connectivity index (χ2n) is 7.59. The predicted octanol–water partition coefficient (Wildman–Crippen LogP) is 2.94. The third-order valence-corrected chi connectivity index (χ3v) is 5.26. The molecule has 1 saturated heterocycles. The average Bonchev–Trinajstić information content (AvgIpc) is 3.16. The molecule has 0 aliphatic carbocycles. The first kappa shape index (κ1) is 19.1. The Balaban J connectivity index is 1.67. The smallest absolute Gasteiger partial charge is 0.245 e. The Morgan fingerprint density at radius 2 is 1.85 bits per heavy atom. The van der Waals surface area contributed by atoms with Gasteiger partial charge in [0.05, 0.1) is 6.20 Å². The number of carbonyl (C=O) groups excluding carboxylic acids is 2. The van der Waals surface area contributed by atoms with Gasteiger partial charge in [-0.1, -0.05) is 44.2 Å². The van der Waals surface area contributed by atoms with Crippen LogP contribution in [0.1, 0.15) is 45.2 Å². The SMILES string of the molecule is CC(=O)NC(C(=O)N1CCC(c2[nH]ncc2-c2ccccc2)CC1)C(C)C. The Labute approximate surface area is 160 Å². The number of amides is 2. The van der Waals surface area contributed by atoms with Gasteiger partial charge in [0.15, 0.2) is 0 Å². The number of aromatic amines is 1. The van der Waals surface area contributed by atoms with Gasteiger partial charge in [0.25, 0.3) is 0 Å². The Hall–Kier alpha value is -2.63. The number of nitrogens with one attached hydrogen (secondary N) is 2. The Morgan fingerprint density at radius 3 is 2.44 bits per heavy atom. The van der Waals surface area contributed by atoms with E-state index in [9.17, 15) is 9.59 Å². The van der Waals surface area contributed by atoms with Crippen molar-refractivity contribution >= 4 is 11.8 Å². The molecule has 1 aromatic carbocycles. The van der Waals surface area contributed by atoms with Gasteiger partial charge in [-0.15, -0.1) is 0 Å². The summed E-state index contributed by atoms with van der Waals surface area (Å²) in [6.45, 7) is 6.77. The molecular formula is C21H28N4O2. The van der Waals surface area contributed by atoms with Crippen LogP contribution in [-0.2, 0) is 9.59 Å². The fraction of sp³-hybridized carbons (Fsp3) is 0.476. The van der Waals surface area contributed by atoms with E-state index in [1.165, 1.54) is 6.92 Å². The summed E-state index contributed by atoms with van der Waals surface area (Å²) in [5, 5.41) is 10.2. The van der Waals surface area contributed by atoms with Crippen LogP contribution in [-0.4, -0.2) is 46.0 Å². The van der Waals surface area contributed by atoms with Crippen molar-refractivity contribution in [2.75, 3.05) is 13.1 Å². The summed E-state index contributed by atoms with van der Waals surface area (Å²) in [5.41, 5.74) is 3.44.